The van der Waals surface area contributed by atoms with Crippen LogP contribution < -0.4 is 5.32 Å². The van der Waals surface area contributed by atoms with Gasteiger partial charge in [-0.25, -0.2) is 18.7 Å². The van der Waals surface area contributed by atoms with Gasteiger partial charge in [-0.2, -0.15) is 0 Å². The number of fused-ring (bicyclic) bond motifs is 1. The van der Waals surface area contributed by atoms with Crippen molar-refractivity contribution in [2.45, 2.75) is 18.8 Å². The van der Waals surface area contributed by atoms with E-state index in [1.165, 1.54) is 0 Å². The molecule has 25 heavy (non-hydrogen) atoms. The number of nitrogens with one attached hydrogen (secondary N) is 1. The number of halogens is 2. The van der Waals surface area contributed by atoms with Crippen LogP contribution in [0.1, 0.15) is 12.8 Å². The highest BCUT2D eigenvalue weighted by molar-refractivity contribution is 5.95. The van der Waals surface area contributed by atoms with Gasteiger partial charge in [0.05, 0.1) is 18.2 Å². The van der Waals surface area contributed by atoms with Gasteiger partial charge < -0.3 is 9.88 Å². The number of alkyl halides is 2. The summed E-state index contributed by atoms with van der Waals surface area (Å²) in [7, 11) is 1.92. The van der Waals surface area contributed by atoms with E-state index in [1.54, 1.807) is 24.8 Å². The Morgan fingerprint density at radius 2 is 2.04 bits per heavy atom. The lowest BCUT2D eigenvalue weighted by Crippen LogP contribution is -2.42. The fourth-order valence-electron chi connectivity index (χ4n) is 3.08. The molecule has 4 rings (SSSR count). The van der Waals surface area contributed by atoms with Crippen LogP contribution in [0.3, 0.4) is 0 Å². The largest absolute Gasteiger partial charge is 0.334 e. The third-order valence-corrected chi connectivity index (χ3v) is 4.55. The van der Waals surface area contributed by atoms with Crippen molar-refractivity contribution in [2.75, 3.05) is 5.32 Å². The first-order valence-corrected chi connectivity index (χ1v) is 7.96. The lowest BCUT2D eigenvalue weighted by molar-refractivity contribution is -0.145. The molecule has 0 unspecified atom stereocenters. The molecule has 1 N–H and O–H groups in total. The first-order valence-electron chi connectivity index (χ1n) is 7.96. The maximum Gasteiger partial charge on any atom is 0.249 e. The molecule has 7 heteroatoms. The van der Waals surface area contributed by atoms with E-state index >= 15 is 0 Å². The second-order valence-electron chi connectivity index (χ2n) is 6.47. The molecule has 0 aliphatic heterocycles. The van der Waals surface area contributed by atoms with Crippen LogP contribution >= 0.6 is 0 Å². The lowest BCUT2D eigenvalue weighted by atomic mass is 9.81. The van der Waals surface area contributed by atoms with Gasteiger partial charge in [-0.1, -0.05) is 12.1 Å². The number of anilines is 1. The average molecular weight is 342 g/mol. The van der Waals surface area contributed by atoms with E-state index in [0.29, 0.717) is 5.82 Å². The molecule has 0 saturated heterocycles. The summed E-state index contributed by atoms with van der Waals surface area (Å²) in [6, 6.07) is 7.67. The number of nitrogens with zero attached hydrogens (tertiary/aromatic N) is 3. The molecule has 1 fully saturated rings. The van der Waals surface area contributed by atoms with E-state index in [1.807, 2.05) is 29.8 Å². The second-order valence-corrected chi connectivity index (χ2v) is 6.47. The molecule has 0 radical (unpaired) electrons. The molecular weight excluding hydrogens is 326 g/mol. The first kappa shape index (κ1) is 15.7. The predicted octanol–water partition coefficient (Wildman–Crippen LogP) is 3.62. The van der Waals surface area contributed by atoms with Gasteiger partial charge in [-0.15, -0.1) is 0 Å². The van der Waals surface area contributed by atoms with Gasteiger partial charge in [0.2, 0.25) is 11.8 Å². The van der Waals surface area contributed by atoms with Crippen LogP contribution in [0.4, 0.5) is 14.6 Å². The minimum Gasteiger partial charge on any atom is -0.334 e. The van der Waals surface area contributed by atoms with Crippen LogP contribution in [0, 0.1) is 5.92 Å². The molecule has 0 spiro atoms. The van der Waals surface area contributed by atoms with E-state index in [0.717, 1.165) is 22.0 Å². The fraction of sp³-hybridized carbons (Fsp3) is 0.278. The first-order chi connectivity index (χ1) is 11.9. The van der Waals surface area contributed by atoms with Crippen molar-refractivity contribution >= 4 is 22.5 Å². The number of hydrogen-bond acceptors (Lipinski definition) is 3. The Balaban J connectivity index is 1.59. The van der Waals surface area contributed by atoms with E-state index in [4.69, 9.17) is 0 Å². The van der Waals surface area contributed by atoms with Crippen molar-refractivity contribution in [1.82, 2.24) is 14.5 Å². The van der Waals surface area contributed by atoms with Gasteiger partial charge in [0.1, 0.15) is 5.82 Å². The summed E-state index contributed by atoms with van der Waals surface area (Å²) in [4.78, 5) is 20.3. The van der Waals surface area contributed by atoms with Crippen molar-refractivity contribution in [3.63, 3.8) is 0 Å². The normalized spacial score (nSPS) is 16.6. The number of imidazole rings is 1. The van der Waals surface area contributed by atoms with Crippen LogP contribution in [0.2, 0.25) is 0 Å². The summed E-state index contributed by atoms with van der Waals surface area (Å²) in [5.74, 6) is -3.39. The zero-order valence-electron chi connectivity index (χ0n) is 13.5. The number of rotatable bonds is 3. The van der Waals surface area contributed by atoms with Gasteiger partial charge >= 0.3 is 0 Å². The predicted molar refractivity (Wildman–Crippen MR) is 90.2 cm³/mol. The number of aromatic nitrogens is 3. The third-order valence-electron chi connectivity index (χ3n) is 4.55. The molecule has 1 aromatic carbocycles. The van der Waals surface area contributed by atoms with E-state index in [2.05, 4.69) is 15.3 Å². The monoisotopic (exact) mass is 342 g/mol. The third kappa shape index (κ3) is 2.97. The molecule has 0 atom stereocenters. The number of pyridine rings is 1. The molecule has 2 aromatic heterocycles. The standard InChI is InChI=1S/C18H16F2N4O/c1-24-10-21-9-15(24)11-2-3-12-8-22-16(5-13(12)4-11)23-17(25)14-6-18(19,20)7-14/h2-5,8-10,14H,6-7H2,1H3,(H,22,23,25). The highest BCUT2D eigenvalue weighted by atomic mass is 19.3. The minimum atomic E-state index is -2.71. The number of benzene rings is 1. The summed E-state index contributed by atoms with van der Waals surface area (Å²) >= 11 is 0. The molecule has 1 amide bonds. The fourth-order valence-corrected chi connectivity index (χ4v) is 3.08. The van der Waals surface area contributed by atoms with E-state index in [9.17, 15) is 13.6 Å². The average Bonchev–Trinajstić information content (AvgIpc) is 2.98. The quantitative estimate of drug-likeness (QED) is 0.791. The molecule has 1 saturated carbocycles. The van der Waals surface area contributed by atoms with Crippen molar-refractivity contribution in [1.29, 1.82) is 0 Å². The Hall–Kier alpha value is -2.83. The van der Waals surface area contributed by atoms with Crippen LogP contribution in [0.5, 0.6) is 0 Å². The van der Waals surface area contributed by atoms with Crippen LogP contribution in [0.25, 0.3) is 22.0 Å². The van der Waals surface area contributed by atoms with Gasteiger partial charge in [-0.05, 0) is 17.5 Å². The summed E-state index contributed by atoms with van der Waals surface area (Å²) in [5.41, 5.74) is 1.97. The topological polar surface area (TPSA) is 59.8 Å². The Labute approximate surface area is 142 Å². The molecular formula is C18H16F2N4O. The Kier molecular flexibility index (Phi) is 3.52. The highest BCUT2D eigenvalue weighted by Gasteiger charge is 2.48. The molecule has 3 aromatic rings. The zero-order chi connectivity index (χ0) is 17.6. The Morgan fingerprint density at radius 1 is 1.24 bits per heavy atom. The number of carbonyl (C=O) groups excluding carboxylic acids is 1. The Morgan fingerprint density at radius 3 is 2.72 bits per heavy atom. The molecule has 5 nitrogen and oxygen atoms in total. The number of carbonyl (C=O) groups is 1. The van der Waals surface area contributed by atoms with Crippen molar-refractivity contribution < 1.29 is 13.6 Å². The maximum absolute atomic E-state index is 12.9. The number of aryl methyl sites for hydroxylation is 1. The van der Waals surface area contributed by atoms with Gasteiger partial charge in [-0.3, -0.25) is 4.79 Å². The van der Waals surface area contributed by atoms with Crippen LogP contribution in [0.15, 0.2) is 43.0 Å². The van der Waals surface area contributed by atoms with Gasteiger partial charge in [0.25, 0.3) is 0 Å². The smallest absolute Gasteiger partial charge is 0.249 e. The van der Waals surface area contributed by atoms with Gasteiger partial charge in [0.15, 0.2) is 0 Å². The lowest BCUT2D eigenvalue weighted by Gasteiger charge is -2.33. The SMILES string of the molecule is Cn1cncc1-c1ccc2cnc(NC(=O)C3CC(F)(F)C3)cc2c1. The molecule has 128 valence electrons. The summed E-state index contributed by atoms with van der Waals surface area (Å²) < 4.78 is 27.7. The summed E-state index contributed by atoms with van der Waals surface area (Å²) in [5, 5.41) is 4.47. The molecule has 1 aliphatic carbocycles. The minimum absolute atomic E-state index is 0.370. The van der Waals surface area contributed by atoms with E-state index < -0.39 is 30.6 Å². The highest BCUT2D eigenvalue weighted by Crippen LogP contribution is 2.42. The summed E-state index contributed by atoms with van der Waals surface area (Å²) in [6.45, 7) is 0. The van der Waals surface area contributed by atoms with Crippen LogP contribution in [-0.4, -0.2) is 26.4 Å². The number of hydrogen-bond donors (Lipinski definition) is 1. The maximum atomic E-state index is 12.9. The summed E-state index contributed by atoms with van der Waals surface area (Å²) in [6.07, 6.45) is 4.38. The molecule has 0 bridgehead atoms. The molecule has 1 aliphatic rings. The van der Waals surface area contributed by atoms with Crippen molar-refractivity contribution in [3.8, 4) is 11.3 Å². The van der Waals surface area contributed by atoms with E-state index in [-0.39, 0.29) is 0 Å². The van der Waals surface area contributed by atoms with Gasteiger partial charge in [0, 0.05) is 43.0 Å². The molecule has 2 heterocycles. The van der Waals surface area contributed by atoms with Crippen molar-refractivity contribution in [3.05, 3.63) is 43.0 Å². The Bertz CT molecular complexity index is 959. The van der Waals surface area contributed by atoms with Crippen molar-refractivity contribution in [2.24, 2.45) is 13.0 Å². The second kappa shape index (κ2) is 5.61. The number of amides is 1. The zero-order valence-corrected chi connectivity index (χ0v) is 13.5. The van der Waals surface area contributed by atoms with Crippen LogP contribution in [-0.2, 0) is 11.8 Å².